The van der Waals surface area contributed by atoms with Crippen molar-refractivity contribution in [2.75, 3.05) is 13.2 Å². The number of aromatic hydroxyl groups is 25. The quantitative estimate of drug-likeness (QED) is 0.0392. The van der Waals surface area contributed by atoms with Crippen LogP contribution < -0.4 is 9.47 Å². The van der Waals surface area contributed by atoms with E-state index in [2.05, 4.69) is 0 Å². The number of phenolic OH excluding ortho intramolecular Hbond substituents is 25. The van der Waals surface area contributed by atoms with Gasteiger partial charge in [-0.15, -0.1) is 0 Å². The number of carbonyl (C=O) groups is 11. The number of phenols is 25. The first-order valence-corrected chi connectivity index (χ1v) is 37.6. The molecule has 0 amide bonds. The number of benzene rings is 9. The third-order valence-corrected chi connectivity index (χ3v) is 21.9. The van der Waals surface area contributed by atoms with Gasteiger partial charge in [0.25, 0.3) is 5.79 Å². The number of hydrogen-bond donors (Lipinski definition) is 28. The number of carbonyl (C=O) groups excluding carboxylic acids is 11. The molecule has 0 radical (unpaired) electrons. The van der Waals surface area contributed by atoms with Gasteiger partial charge in [0.2, 0.25) is 70.8 Å². The normalized spacial score (nSPS) is 22.5. The fourth-order valence-corrected chi connectivity index (χ4v) is 15.4. The minimum absolute atomic E-state index is 0.0386. The van der Waals surface area contributed by atoms with Crippen LogP contribution in [0.15, 0.2) is 84.4 Å². The second kappa shape index (κ2) is 32.0. The van der Waals surface area contributed by atoms with Gasteiger partial charge in [0.05, 0.1) is 56.0 Å². The van der Waals surface area contributed by atoms with Gasteiger partial charge in [-0.1, -0.05) is 0 Å². The summed E-state index contributed by atoms with van der Waals surface area (Å²) in [5.74, 6) is -77.1. The zero-order chi connectivity index (χ0) is 98.0. The van der Waals surface area contributed by atoms with E-state index in [4.69, 9.17) is 66.3 Å². The van der Waals surface area contributed by atoms with E-state index in [9.17, 15) is 167 Å². The van der Waals surface area contributed by atoms with Crippen molar-refractivity contribution in [3.8, 4) is 183 Å². The molecule has 12 atom stereocenters. The fourth-order valence-electron chi connectivity index (χ4n) is 15.4. The van der Waals surface area contributed by atoms with Crippen LogP contribution in [0.5, 0.6) is 161 Å². The van der Waals surface area contributed by atoms with E-state index in [1.807, 2.05) is 0 Å². The Morgan fingerprint density at radius 2 is 0.711 bits per heavy atom. The van der Waals surface area contributed by atoms with Crippen molar-refractivity contribution in [1.82, 2.24) is 0 Å². The second-order valence-corrected chi connectivity index (χ2v) is 29.9. The summed E-state index contributed by atoms with van der Waals surface area (Å²) in [6, 6.07) is 3.40. The lowest BCUT2D eigenvalue weighted by molar-refractivity contribution is -0.339. The van der Waals surface area contributed by atoms with Crippen molar-refractivity contribution >= 4 is 65.5 Å². The van der Waals surface area contributed by atoms with Gasteiger partial charge < -0.3 is 209 Å². The van der Waals surface area contributed by atoms with E-state index in [-0.39, 0.29) is 36.4 Å². The molecule has 0 unspecified atom stereocenters. The maximum Gasteiger partial charge on any atom is 0.342 e. The Morgan fingerprint density at radius 3 is 1.21 bits per heavy atom. The fraction of sp³-hybridized carbons (Fsp3) is 0.183. The lowest BCUT2D eigenvalue weighted by Crippen LogP contribution is -2.70. The van der Waals surface area contributed by atoms with Gasteiger partial charge in [0.15, 0.2) is 145 Å². The number of fused-ring (bicyclic) bond motifs is 9. The van der Waals surface area contributed by atoms with Gasteiger partial charge in [0.1, 0.15) is 31.0 Å². The highest BCUT2D eigenvalue weighted by molar-refractivity contribution is 6.12. The summed E-state index contributed by atoms with van der Waals surface area (Å²) < 4.78 is 80.0. The molecule has 53 heteroatoms. The molecule has 16 rings (SSSR count). The van der Waals surface area contributed by atoms with Gasteiger partial charge in [-0.2, -0.15) is 0 Å². The molecule has 0 saturated carbocycles. The predicted octanol–water partition coefficient (Wildman–Crippen LogP) is 0.965. The third kappa shape index (κ3) is 14.4. The SMILES string of the molecule is O=C1O[C@H]2[C@@H]3OC(=O)c4cc(O)c(O)c(O)c4-c4c(cc(Oc5c(C(=O)O[C@H]6[C@@H]7OC(=O)c8cc(O)c(O)c(O)c8-c8c(cc(O)c(O)c8O)C(=O)OC[C@@H](O7)[C@@H](OC(=O)c7cc(O)c(O)c(O)c7)[C@@H]6OC(=O)c6cc(O)c(O)c(O)c6)cc(O)c(O)c5O)c(O)c4O)C(=O)OC[C@H]2O[C@@H](OC(=O)c2cc(O)c(O)c(O)c2)[C@@H]3OC(=O)c2cc(O)c(O)c3c2[C@@H]2C1=CC(=O)[C@](O)(O3)C2(O)O. The van der Waals surface area contributed by atoms with E-state index in [0.717, 1.165) is 0 Å². The van der Waals surface area contributed by atoms with Crippen LogP contribution in [-0.4, -0.2) is 295 Å². The lowest BCUT2D eigenvalue weighted by atomic mass is 9.70. The van der Waals surface area contributed by atoms with Gasteiger partial charge in [-0.25, -0.2) is 47.9 Å². The number of cyclic esters (lactones) is 2. The van der Waals surface area contributed by atoms with E-state index >= 15 is 28.8 Å². The number of hydrogen-bond acceptors (Lipinski definition) is 53. The molecular weight excluding hydrogens is 1830 g/mol. The van der Waals surface area contributed by atoms with Gasteiger partial charge in [-0.05, 0) is 66.7 Å². The van der Waals surface area contributed by atoms with Crippen LogP contribution in [0.2, 0.25) is 0 Å². The minimum Gasteiger partial charge on any atom is -0.504 e. The molecule has 2 fully saturated rings. The predicted molar refractivity (Wildman–Crippen MR) is 411 cm³/mol. The van der Waals surface area contributed by atoms with Crippen LogP contribution in [-0.2, 0) is 66.4 Å². The molecule has 6 heterocycles. The van der Waals surface area contributed by atoms with E-state index in [0.29, 0.717) is 42.5 Å². The van der Waals surface area contributed by atoms with Crippen LogP contribution in [0.25, 0.3) is 22.3 Å². The molecule has 9 aromatic carbocycles. The van der Waals surface area contributed by atoms with Crippen molar-refractivity contribution in [1.29, 1.82) is 0 Å². The first-order chi connectivity index (χ1) is 63.4. The Balaban J connectivity index is 0.846. The molecule has 0 spiro atoms. The van der Waals surface area contributed by atoms with E-state index in [1.165, 1.54) is 0 Å². The summed E-state index contributed by atoms with van der Waals surface area (Å²) in [5.41, 5.74) is -20.1. The number of ether oxygens (including phenoxy) is 14. The average Bonchev–Trinajstić information content (AvgIpc) is 1.52. The van der Waals surface area contributed by atoms with Crippen LogP contribution in [0.3, 0.4) is 0 Å². The van der Waals surface area contributed by atoms with Gasteiger partial charge >= 0.3 is 65.5 Å². The second-order valence-electron chi connectivity index (χ2n) is 29.9. The molecule has 28 N–H and O–H groups in total. The molecule has 1 aliphatic carbocycles. The topological polar surface area (TPSA) is 883 Å². The zero-order valence-electron chi connectivity index (χ0n) is 66.0. The summed E-state index contributed by atoms with van der Waals surface area (Å²) in [4.78, 5) is 164. The van der Waals surface area contributed by atoms with Crippen molar-refractivity contribution < 1.29 is 262 Å². The molecule has 2 saturated heterocycles. The Kier molecular flexibility index (Phi) is 21.3. The third-order valence-electron chi connectivity index (χ3n) is 21.9. The monoisotopic (exact) mass is 1890 g/mol. The Hall–Kier alpha value is -18.5. The molecule has 0 aromatic heterocycles. The zero-order valence-corrected chi connectivity index (χ0v) is 66.0. The summed E-state index contributed by atoms with van der Waals surface area (Å²) in [6.07, 6.45) is -28.7. The molecule has 135 heavy (non-hydrogen) atoms. The standard InChI is InChI=1S/C82H56O53/c83-26-1-16(2-27(84)47(26)95)69(109)127-62-38-14-122-72(112)19-7-32(89)50(98)56(104)41(19)43-21(9-34(91)52(100)58(43)106)76(116)134-80(126-38)67(65(62)129-70(110)17-3-28(85)48(96)29(86)4-17)132-78(118)25-11-35(92)53(101)60(108)61(25)124-37-12-23-44(59(107)55(37)103)42-20(8-33(90)51(99)57(42)105)74(114)130-66-63-39(15-123-73(23)113)125-79(133-71(111)18-5-30(87)49(97)31(88)6-18)68(66)131-75(115)22-10-36(93)54(102)64-45(22)46-24(77(117)128-63)13-40(94)82(121,135-64)81(46,119)120/h1-13,38-39,46,62-63,65-68,79-80,83-93,95-108,119-121H,14-15H2/t38-,39-,46+,62-,63-,65+,66+,67-,68-,79+,80+,82+/m1/s1. The largest absolute Gasteiger partial charge is 0.504 e. The van der Waals surface area contributed by atoms with Crippen molar-refractivity contribution in [3.05, 3.63) is 140 Å². The van der Waals surface area contributed by atoms with Crippen molar-refractivity contribution in [3.63, 3.8) is 0 Å². The molecule has 702 valence electrons. The van der Waals surface area contributed by atoms with E-state index < -0.39 is 402 Å². The van der Waals surface area contributed by atoms with Gasteiger partial charge in [0, 0.05) is 39.9 Å². The molecule has 7 aliphatic rings. The number of aliphatic hydroxyl groups is 3. The van der Waals surface area contributed by atoms with Gasteiger partial charge in [-0.3, -0.25) is 4.79 Å². The smallest absolute Gasteiger partial charge is 0.342 e. The molecule has 8 bridgehead atoms. The first kappa shape index (κ1) is 89.9. The van der Waals surface area contributed by atoms with E-state index in [1.54, 1.807) is 0 Å². The lowest BCUT2D eigenvalue weighted by Gasteiger charge is -2.49. The van der Waals surface area contributed by atoms with Crippen LogP contribution >= 0.6 is 0 Å². The Bertz CT molecular complexity index is 6790. The maximum absolute atomic E-state index is 15.7. The van der Waals surface area contributed by atoms with Crippen molar-refractivity contribution in [2.24, 2.45) is 0 Å². The van der Waals surface area contributed by atoms with Crippen LogP contribution in [0.4, 0.5) is 0 Å². The number of rotatable bonds is 10. The number of ketones is 1. The average molecular weight is 1890 g/mol. The molecule has 9 aromatic rings. The highest BCUT2D eigenvalue weighted by atomic mass is 16.8. The Morgan fingerprint density at radius 1 is 0.333 bits per heavy atom. The Labute approximate surface area is 740 Å². The highest BCUT2D eigenvalue weighted by Crippen LogP contribution is 2.62. The van der Waals surface area contributed by atoms with Crippen LogP contribution in [0, 0.1) is 0 Å². The van der Waals surface area contributed by atoms with Crippen LogP contribution in [0.1, 0.15) is 105 Å². The molecular formula is C82H56O53. The molecule has 6 aliphatic heterocycles. The summed E-state index contributed by atoms with van der Waals surface area (Å²) in [6.45, 7) is -3.32. The first-order valence-electron chi connectivity index (χ1n) is 37.6. The van der Waals surface area contributed by atoms with Crippen molar-refractivity contribution in [2.45, 2.75) is 78.9 Å². The maximum atomic E-state index is 15.7. The molecule has 53 nitrogen and oxygen atoms in total. The number of esters is 10. The summed E-state index contributed by atoms with van der Waals surface area (Å²) >= 11 is 0. The minimum atomic E-state index is -4.21. The highest BCUT2D eigenvalue weighted by Gasteiger charge is 2.71. The summed E-state index contributed by atoms with van der Waals surface area (Å²) in [5, 5.41) is 312. The summed E-state index contributed by atoms with van der Waals surface area (Å²) in [7, 11) is 0.